The van der Waals surface area contributed by atoms with Gasteiger partial charge in [-0.1, -0.05) is 34.6 Å². The average molecular weight is 293 g/mol. The molecule has 0 fully saturated rings. The highest BCUT2D eigenvalue weighted by Crippen LogP contribution is 2.33. The molecule has 0 heterocycles. The van der Waals surface area contributed by atoms with Gasteiger partial charge in [-0.25, -0.2) is 4.39 Å². The van der Waals surface area contributed by atoms with Crippen LogP contribution in [0.3, 0.4) is 0 Å². The first-order valence-electron chi connectivity index (χ1n) is 8.14. The van der Waals surface area contributed by atoms with Crippen LogP contribution in [-0.2, 0) is 0 Å². The highest BCUT2D eigenvalue weighted by Gasteiger charge is 2.22. The van der Waals surface area contributed by atoms with Gasteiger partial charge in [0.1, 0.15) is 5.82 Å². The second-order valence-electron chi connectivity index (χ2n) is 7.67. The normalized spacial score (nSPS) is 15.0. The lowest BCUT2D eigenvalue weighted by atomic mass is 9.81. The van der Waals surface area contributed by atoms with Crippen molar-refractivity contribution >= 4 is 0 Å². The smallest absolute Gasteiger partial charge is 0.123 e. The standard InChI is InChI=1S/C19H32FN/c1-8-21-17(9-13(2)12-19(5,6)7)18-14(3)10-16(20)11-15(18)4/h10-11,13,17,21H,8-9,12H2,1-7H3. The predicted molar refractivity (Wildman–Crippen MR) is 90.1 cm³/mol. The maximum atomic E-state index is 13.5. The lowest BCUT2D eigenvalue weighted by molar-refractivity contribution is 0.276. The maximum Gasteiger partial charge on any atom is 0.123 e. The van der Waals surface area contributed by atoms with Crippen molar-refractivity contribution in [2.24, 2.45) is 11.3 Å². The molecule has 0 saturated heterocycles. The summed E-state index contributed by atoms with van der Waals surface area (Å²) in [6.45, 7) is 16.3. The highest BCUT2D eigenvalue weighted by molar-refractivity contribution is 5.37. The second kappa shape index (κ2) is 7.40. The number of rotatable bonds is 6. The minimum atomic E-state index is -0.133. The quantitative estimate of drug-likeness (QED) is 0.724. The topological polar surface area (TPSA) is 12.0 Å². The molecule has 2 atom stereocenters. The van der Waals surface area contributed by atoms with Crippen LogP contribution in [0.5, 0.6) is 0 Å². The van der Waals surface area contributed by atoms with E-state index in [1.807, 2.05) is 13.8 Å². The first-order valence-corrected chi connectivity index (χ1v) is 8.14. The predicted octanol–water partition coefficient (Wildman–Crippen LogP) is 5.56. The van der Waals surface area contributed by atoms with Crippen molar-refractivity contribution in [2.45, 2.75) is 67.3 Å². The van der Waals surface area contributed by atoms with Crippen molar-refractivity contribution in [3.8, 4) is 0 Å². The van der Waals surface area contributed by atoms with Gasteiger partial charge in [-0.2, -0.15) is 0 Å². The van der Waals surface area contributed by atoms with Crippen LogP contribution in [0.15, 0.2) is 12.1 Å². The van der Waals surface area contributed by atoms with E-state index in [1.165, 1.54) is 12.0 Å². The molecule has 21 heavy (non-hydrogen) atoms. The van der Waals surface area contributed by atoms with Gasteiger partial charge in [-0.05, 0) is 73.4 Å². The molecule has 1 rings (SSSR count). The molecule has 0 saturated carbocycles. The zero-order valence-electron chi connectivity index (χ0n) is 14.8. The molecule has 2 heteroatoms. The molecular weight excluding hydrogens is 261 g/mol. The van der Waals surface area contributed by atoms with Crippen LogP contribution in [0.1, 0.15) is 70.2 Å². The summed E-state index contributed by atoms with van der Waals surface area (Å²) in [5, 5.41) is 3.59. The van der Waals surface area contributed by atoms with Crippen molar-refractivity contribution in [3.05, 3.63) is 34.6 Å². The molecule has 1 nitrogen and oxygen atoms in total. The molecule has 0 aliphatic heterocycles. The molecule has 0 aliphatic rings. The minimum absolute atomic E-state index is 0.133. The Morgan fingerprint density at radius 3 is 2.10 bits per heavy atom. The van der Waals surface area contributed by atoms with Crippen LogP contribution in [0, 0.1) is 31.0 Å². The Hall–Kier alpha value is -0.890. The van der Waals surface area contributed by atoms with Gasteiger partial charge >= 0.3 is 0 Å². The van der Waals surface area contributed by atoms with Crippen LogP contribution in [0.25, 0.3) is 0 Å². The average Bonchev–Trinajstić information content (AvgIpc) is 2.24. The van der Waals surface area contributed by atoms with Gasteiger partial charge in [-0.3, -0.25) is 0 Å². The van der Waals surface area contributed by atoms with Crippen LogP contribution >= 0.6 is 0 Å². The van der Waals surface area contributed by atoms with Gasteiger partial charge in [0.2, 0.25) is 0 Å². The molecule has 2 unspecified atom stereocenters. The largest absolute Gasteiger partial charge is 0.310 e. The van der Waals surface area contributed by atoms with E-state index >= 15 is 0 Å². The molecule has 1 N–H and O–H groups in total. The van der Waals surface area contributed by atoms with E-state index in [0.717, 1.165) is 24.1 Å². The molecule has 0 spiro atoms. The van der Waals surface area contributed by atoms with Crippen molar-refractivity contribution in [3.63, 3.8) is 0 Å². The van der Waals surface area contributed by atoms with E-state index in [4.69, 9.17) is 0 Å². The van der Waals surface area contributed by atoms with Crippen molar-refractivity contribution < 1.29 is 4.39 Å². The van der Waals surface area contributed by atoms with E-state index in [0.29, 0.717) is 17.4 Å². The summed E-state index contributed by atoms with van der Waals surface area (Å²) in [5.74, 6) is 0.504. The first-order chi connectivity index (χ1) is 9.64. The zero-order valence-corrected chi connectivity index (χ0v) is 14.8. The number of aryl methyl sites for hydroxylation is 2. The zero-order chi connectivity index (χ0) is 16.2. The number of hydrogen-bond acceptors (Lipinski definition) is 1. The Labute approximate surface area is 130 Å². The van der Waals surface area contributed by atoms with Gasteiger partial charge < -0.3 is 5.32 Å². The lowest BCUT2D eigenvalue weighted by Crippen LogP contribution is -2.26. The summed E-state index contributed by atoms with van der Waals surface area (Å²) >= 11 is 0. The molecule has 0 bridgehead atoms. The Morgan fingerprint density at radius 2 is 1.67 bits per heavy atom. The maximum absolute atomic E-state index is 13.5. The van der Waals surface area contributed by atoms with E-state index < -0.39 is 0 Å². The Morgan fingerprint density at radius 1 is 1.14 bits per heavy atom. The van der Waals surface area contributed by atoms with Crippen molar-refractivity contribution in [1.82, 2.24) is 5.32 Å². The van der Waals surface area contributed by atoms with Crippen molar-refractivity contribution in [2.75, 3.05) is 6.54 Å². The van der Waals surface area contributed by atoms with Crippen molar-refractivity contribution in [1.29, 1.82) is 0 Å². The molecule has 1 aromatic rings. The van der Waals surface area contributed by atoms with Gasteiger partial charge in [0.15, 0.2) is 0 Å². The fourth-order valence-electron chi connectivity index (χ4n) is 3.55. The van der Waals surface area contributed by atoms with Gasteiger partial charge in [0.05, 0.1) is 0 Å². The third-order valence-electron chi connectivity index (χ3n) is 3.96. The molecular formula is C19H32FN. The third kappa shape index (κ3) is 5.78. The first kappa shape index (κ1) is 18.2. The SMILES string of the molecule is CCNC(CC(C)CC(C)(C)C)c1c(C)cc(F)cc1C. The highest BCUT2D eigenvalue weighted by atomic mass is 19.1. The molecule has 0 aromatic heterocycles. The van der Waals surface area contributed by atoms with Gasteiger partial charge in [0.25, 0.3) is 0 Å². The summed E-state index contributed by atoms with van der Waals surface area (Å²) < 4.78 is 13.5. The van der Waals surface area contributed by atoms with Crippen LogP contribution < -0.4 is 5.32 Å². The number of hydrogen-bond donors (Lipinski definition) is 1. The Bertz CT molecular complexity index is 436. The van der Waals surface area contributed by atoms with Crippen LogP contribution in [0.4, 0.5) is 4.39 Å². The minimum Gasteiger partial charge on any atom is -0.310 e. The number of halogens is 1. The number of nitrogens with one attached hydrogen (secondary N) is 1. The number of benzene rings is 1. The van der Waals surface area contributed by atoms with Crippen LogP contribution in [-0.4, -0.2) is 6.54 Å². The van der Waals surface area contributed by atoms with Gasteiger partial charge in [0, 0.05) is 6.04 Å². The summed E-state index contributed by atoms with van der Waals surface area (Å²) in [6, 6.07) is 3.62. The third-order valence-corrected chi connectivity index (χ3v) is 3.96. The van der Waals surface area contributed by atoms with E-state index in [2.05, 4.69) is 39.9 Å². The monoisotopic (exact) mass is 293 g/mol. The summed E-state index contributed by atoms with van der Waals surface area (Å²) in [4.78, 5) is 0. The molecule has 0 radical (unpaired) electrons. The lowest BCUT2D eigenvalue weighted by Gasteiger charge is -2.29. The summed E-state index contributed by atoms with van der Waals surface area (Å²) in [7, 11) is 0. The van der Waals surface area contributed by atoms with Crippen LogP contribution in [0.2, 0.25) is 0 Å². The summed E-state index contributed by atoms with van der Waals surface area (Å²) in [6.07, 6.45) is 2.30. The van der Waals surface area contributed by atoms with Gasteiger partial charge in [-0.15, -0.1) is 0 Å². The molecule has 0 aliphatic carbocycles. The summed E-state index contributed by atoms with van der Waals surface area (Å²) in [5.41, 5.74) is 3.74. The van der Waals surface area contributed by atoms with E-state index in [9.17, 15) is 4.39 Å². The fraction of sp³-hybridized carbons (Fsp3) is 0.684. The van der Waals surface area contributed by atoms with E-state index in [1.54, 1.807) is 12.1 Å². The Balaban J connectivity index is 2.97. The van der Waals surface area contributed by atoms with E-state index in [-0.39, 0.29) is 5.82 Å². The molecule has 0 amide bonds. The fourth-order valence-corrected chi connectivity index (χ4v) is 3.55. The second-order valence-corrected chi connectivity index (χ2v) is 7.67. The Kier molecular flexibility index (Phi) is 6.40. The molecule has 120 valence electrons. The molecule has 1 aromatic carbocycles.